The maximum absolute atomic E-state index is 12.7. The summed E-state index contributed by atoms with van der Waals surface area (Å²) in [5.41, 5.74) is -0.0681. The van der Waals surface area contributed by atoms with E-state index in [1.807, 2.05) is 6.07 Å². The topological polar surface area (TPSA) is 126 Å². The van der Waals surface area contributed by atoms with Gasteiger partial charge in [-0.15, -0.1) is 0 Å². The van der Waals surface area contributed by atoms with Crippen LogP contribution in [0.5, 0.6) is 11.5 Å². The van der Waals surface area contributed by atoms with E-state index in [0.29, 0.717) is 28.3 Å². The second-order valence-electron chi connectivity index (χ2n) is 6.23. The van der Waals surface area contributed by atoms with Crippen molar-refractivity contribution in [3.63, 3.8) is 0 Å². The Balaban J connectivity index is 1.60. The highest BCUT2D eigenvalue weighted by Crippen LogP contribution is 2.32. The van der Waals surface area contributed by atoms with E-state index in [0.717, 1.165) is 10.8 Å². The van der Waals surface area contributed by atoms with Crippen LogP contribution < -0.4 is 26.0 Å². The van der Waals surface area contributed by atoms with Crippen molar-refractivity contribution < 1.29 is 14.3 Å². The van der Waals surface area contributed by atoms with E-state index in [4.69, 9.17) is 14.7 Å². The molecule has 1 aliphatic heterocycles. The molecular formula is C20H14N4O5. The lowest BCUT2D eigenvalue weighted by atomic mass is 10.2. The van der Waals surface area contributed by atoms with Crippen LogP contribution in [0.1, 0.15) is 21.5 Å². The summed E-state index contributed by atoms with van der Waals surface area (Å²) in [7, 11) is 0. The molecule has 0 saturated heterocycles. The van der Waals surface area contributed by atoms with Gasteiger partial charge in [0.1, 0.15) is 5.56 Å². The molecule has 1 aromatic heterocycles. The van der Waals surface area contributed by atoms with Crippen LogP contribution in [0.15, 0.2) is 58.3 Å². The zero-order valence-electron chi connectivity index (χ0n) is 15.0. The molecule has 9 nitrogen and oxygen atoms in total. The first kappa shape index (κ1) is 18.1. The van der Waals surface area contributed by atoms with Crippen molar-refractivity contribution in [2.45, 2.75) is 6.54 Å². The zero-order valence-corrected chi connectivity index (χ0v) is 15.0. The number of rotatable bonds is 4. The largest absolute Gasteiger partial charge is 0.454 e. The fourth-order valence-electron chi connectivity index (χ4n) is 2.87. The van der Waals surface area contributed by atoms with Crippen LogP contribution in [0.3, 0.4) is 0 Å². The molecule has 0 atom stereocenters. The lowest BCUT2D eigenvalue weighted by Gasteiger charge is -2.09. The Morgan fingerprint density at radius 1 is 1.14 bits per heavy atom. The molecule has 2 aromatic carbocycles. The maximum atomic E-state index is 12.7. The first-order valence-electron chi connectivity index (χ1n) is 8.58. The molecule has 1 aliphatic rings. The van der Waals surface area contributed by atoms with Crippen LogP contribution in [0.25, 0.3) is 0 Å². The van der Waals surface area contributed by atoms with Crippen LogP contribution in [-0.4, -0.2) is 22.3 Å². The number of nitriles is 1. The van der Waals surface area contributed by atoms with Gasteiger partial charge >= 0.3 is 5.69 Å². The average Bonchev–Trinajstić information content (AvgIpc) is 3.19. The van der Waals surface area contributed by atoms with Gasteiger partial charge in [-0.3, -0.25) is 14.2 Å². The lowest BCUT2D eigenvalue weighted by molar-refractivity contribution is 0.102. The van der Waals surface area contributed by atoms with E-state index in [2.05, 4.69) is 10.3 Å². The third-order valence-corrected chi connectivity index (χ3v) is 4.35. The predicted octanol–water partition coefficient (Wildman–Crippen LogP) is 1.44. The number of carbonyl (C=O) groups excluding carboxylic acids is 1. The highest BCUT2D eigenvalue weighted by Gasteiger charge is 2.17. The minimum absolute atomic E-state index is 0.0389. The van der Waals surface area contributed by atoms with E-state index < -0.39 is 17.2 Å². The molecule has 2 N–H and O–H groups in total. The Bertz CT molecular complexity index is 1250. The minimum Gasteiger partial charge on any atom is -0.454 e. The van der Waals surface area contributed by atoms with Gasteiger partial charge in [0, 0.05) is 11.9 Å². The molecule has 0 fully saturated rings. The molecule has 4 rings (SSSR count). The smallest absolute Gasteiger partial charge is 0.328 e. The van der Waals surface area contributed by atoms with Crippen molar-refractivity contribution in [2.24, 2.45) is 0 Å². The number of aromatic amines is 1. The van der Waals surface area contributed by atoms with E-state index in [-0.39, 0.29) is 18.9 Å². The molecular weight excluding hydrogens is 376 g/mol. The fraction of sp³-hybridized carbons (Fsp3) is 0.100. The summed E-state index contributed by atoms with van der Waals surface area (Å²) in [5.74, 6) is 0.447. The molecule has 0 bridgehead atoms. The summed E-state index contributed by atoms with van der Waals surface area (Å²) in [4.78, 5) is 39.8. The number of H-pyrrole nitrogens is 1. The highest BCUT2D eigenvalue weighted by atomic mass is 16.7. The number of benzene rings is 2. The Kier molecular flexibility index (Phi) is 4.58. The summed E-state index contributed by atoms with van der Waals surface area (Å²) in [6, 6.07) is 13.2. The van der Waals surface area contributed by atoms with Gasteiger partial charge in [-0.2, -0.15) is 5.26 Å². The monoisotopic (exact) mass is 390 g/mol. The van der Waals surface area contributed by atoms with Crippen molar-refractivity contribution in [3.05, 3.63) is 86.2 Å². The average molecular weight is 390 g/mol. The molecule has 9 heteroatoms. The van der Waals surface area contributed by atoms with Gasteiger partial charge in [0.25, 0.3) is 11.5 Å². The first-order valence-corrected chi connectivity index (χ1v) is 8.58. The number of nitrogens with zero attached hydrogens (tertiary/aromatic N) is 2. The number of hydrogen-bond donors (Lipinski definition) is 2. The van der Waals surface area contributed by atoms with Crippen molar-refractivity contribution >= 4 is 11.6 Å². The van der Waals surface area contributed by atoms with Crippen LogP contribution in [-0.2, 0) is 6.54 Å². The van der Waals surface area contributed by atoms with Crippen molar-refractivity contribution in [3.8, 4) is 17.6 Å². The van der Waals surface area contributed by atoms with Crippen molar-refractivity contribution in [1.29, 1.82) is 5.26 Å². The molecule has 2 heterocycles. The van der Waals surface area contributed by atoms with Crippen LogP contribution in [0, 0.1) is 11.3 Å². The van der Waals surface area contributed by atoms with Crippen LogP contribution in [0.2, 0.25) is 0 Å². The van der Waals surface area contributed by atoms with E-state index in [1.165, 1.54) is 0 Å². The van der Waals surface area contributed by atoms with Gasteiger partial charge in [-0.1, -0.05) is 6.07 Å². The number of ether oxygens (including phenoxy) is 2. The molecule has 29 heavy (non-hydrogen) atoms. The van der Waals surface area contributed by atoms with Crippen molar-refractivity contribution in [1.82, 2.24) is 9.55 Å². The first-order chi connectivity index (χ1) is 14.0. The van der Waals surface area contributed by atoms with E-state index >= 15 is 0 Å². The Hall–Kier alpha value is -4.32. The lowest BCUT2D eigenvalue weighted by Crippen LogP contribution is -2.39. The Morgan fingerprint density at radius 2 is 1.90 bits per heavy atom. The number of anilines is 1. The standard InChI is InChI=1S/C20H14N4O5/c21-8-12-1-4-14(5-2-12)23-18(25)15-9-22-20(27)24(19(15)26)10-13-3-6-16-17(7-13)29-11-28-16/h1-7,9H,10-11H2,(H,22,27)(H,23,25). The van der Waals surface area contributed by atoms with Gasteiger partial charge in [-0.05, 0) is 42.0 Å². The molecule has 0 saturated carbocycles. The highest BCUT2D eigenvalue weighted by molar-refractivity contribution is 6.03. The van der Waals surface area contributed by atoms with E-state index in [9.17, 15) is 14.4 Å². The summed E-state index contributed by atoms with van der Waals surface area (Å²) in [6.07, 6.45) is 1.08. The van der Waals surface area contributed by atoms with E-state index in [1.54, 1.807) is 42.5 Å². The summed E-state index contributed by atoms with van der Waals surface area (Å²) in [6.45, 7) is 0.0765. The molecule has 1 amide bonds. The molecule has 3 aromatic rings. The second kappa shape index (κ2) is 7.36. The number of nitrogens with one attached hydrogen (secondary N) is 2. The predicted molar refractivity (Wildman–Crippen MR) is 102 cm³/mol. The summed E-state index contributed by atoms with van der Waals surface area (Å²) < 4.78 is 11.5. The third kappa shape index (κ3) is 3.59. The zero-order chi connectivity index (χ0) is 20.4. The maximum Gasteiger partial charge on any atom is 0.328 e. The quantitative estimate of drug-likeness (QED) is 0.694. The molecule has 0 aliphatic carbocycles. The Labute approximate surface area is 163 Å². The van der Waals surface area contributed by atoms with Gasteiger partial charge < -0.3 is 19.8 Å². The third-order valence-electron chi connectivity index (χ3n) is 4.35. The number of hydrogen-bond acceptors (Lipinski definition) is 6. The molecule has 0 spiro atoms. The molecule has 0 radical (unpaired) electrons. The Morgan fingerprint density at radius 3 is 2.66 bits per heavy atom. The number of aromatic nitrogens is 2. The second-order valence-corrected chi connectivity index (χ2v) is 6.23. The SMILES string of the molecule is N#Cc1ccc(NC(=O)c2c[nH]c(=O)n(Cc3ccc4c(c3)OCO4)c2=O)cc1. The summed E-state index contributed by atoms with van der Waals surface area (Å²) in [5, 5.41) is 11.4. The van der Waals surface area contributed by atoms with Gasteiger partial charge in [-0.25, -0.2) is 4.79 Å². The molecule has 0 unspecified atom stereocenters. The summed E-state index contributed by atoms with van der Waals surface area (Å²) >= 11 is 0. The minimum atomic E-state index is -0.724. The number of amides is 1. The van der Waals surface area contributed by atoms with Crippen LogP contribution in [0.4, 0.5) is 5.69 Å². The van der Waals surface area contributed by atoms with Gasteiger partial charge in [0.05, 0.1) is 18.2 Å². The van der Waals surface area contributed by atoms with Gasteiger partial charge in [0.15, 0.2) is 11.5 Å². The number of carbonyl (C=O) groups is 1. The fourth-order valence-corrected chi connectivity index (χ4v) is 2.87. The van der Waals surface area contributed by atoms with Gasteiger partial charge in [0.2, 0.25) is 6.79 Å². The molecule has 144 valence electrons. The van der Waals surface area contributed by atoms with Crippen LogP contribution >= 0.6 is 0 Å². The van der Waals surface area contributed by atoms with Crippen molar-refractivity contribution in [2.75, 3.05) is 12.1 Å². The number of fused-ring (bicyclic) bond motifs is 1. The normalized spacial score (nSPS) is 11.7.